The zero-order valence-electron chi connectivity index (χ0n) is 15.0. The zero-order valence-corrected chi connectivity index (χ0v) is 15.0. The van der Waals surface area contributed by atoms with E-state index in [1.165, 1.54) is 0 Å². The summed E-state index contributed by atoms with van der Waals surface area (Å²) in [5, 5.41) is 31.0. The number of hydrogen-bond acceptors (Lipinski definition) is 4. The molecule has 0 spiro atoms. The standard InChI is InChI=1S/C20H30O4/c1-5-18(2)7-6-13-12(9-18)14(22)8-16-19(13,3)10-15(23)17(24)20(16,4)11-21/h5,15-17,21,23-24H,1,6-11H2,2-4H3/t15-,16-,17+,18+,19-,20-/m1/s1. The van der Waals surface area contributed by atoms with Crippen LogP contribution in [0.15, 0.2) is 23.8 Å². The van der Waals surface area contributed by atoms with E-state index < -0.39 is 17.6 Å². The number of rotatable bonds is 2. The smallest absolute Gasteiger partial charge is 0.159 e. The molecule has 0 aromatic carbocycles. The fourth-order valence-electron chi connectivity index (χ4n) is 5.60. The Morgan fingerprint density at radius 1 is 1.29 bits per heavy atom. The summed E-state index contributed by atoms with van der Waals surface area (Å²) in [6.07, 6.45) is 3.34. The third-order valence-electron chi connectivity index (χ3n) is 7.38. The normalized spacial score (nSPS) is 48.8. The second kappa shape index (κ2) is 5.52. The molecule has 4 nitrogen and oxygen atoms in total. The largest absolute Gasteiger partial charge is 0.396 e. The van der Waals surface area contributed by atoms with Crippen LogP contribution in [-0.2, 0) is 4.79 Å². The van der Waals surface area contributed by atoms with E-state index in [2.05, 4.69) is 20.4 Å². The van der Waals surface area contributed by atoms with Gasteiger partial charge in [0.2, 0.25) is 0 Å². The van der Waals surface area contributed by atoms with Gasteiger partial charge in [0.15, 0.2) is 5.78 Å². The summed E-state index contributed by atoms with van der Waals surface area (Å²) in [5.41, 5.74) is 0.798. The van der Waals surface area contributed by atoms with E-state index in [1.807, 2.05) is 6.08 Å². The van der Waals surface area contributed by atoms with Gasteiger partial charge in [-0.05, 0) is 48.0 Å². The first-order valence-corrected chi connectivity index (χ1v) is 8.97. The monoisotopic (exact) mass is 334 g/mol. The van der Waals surface area contributed by atoms with Crippen LogP contribution in [0.5, 0.6) is 0 Å². The number of aliphatic hydroxyl groups excluding tert-OH is 3. The molecule has 1 saturated carbocycles. The van der Waals surface area contributed by atoms with Gasteiger partial charge in [-0.25, -0.2) is 0 Å². The van der Waals surface area contributed by atoms with Crippen LogP contribution in [0.1, 0.15) is 52.9 Å². The van der Waals surface area contributed by atoms with Crippen LogP contribution in [0.25, 0.3) is 0 Å². The Labute approximate surface area is 144 Å². The molecule has 4 heteroatoms. The van der Waals surface area contributed by atoms with E-state index in [4.69, 9.17) is 0 Å². The van der Waals surface area contributed by atoms with Gasteiger partial charge >= 0.3 is 0 Å². The number of allylic oxidation sites excluding steroid dienone is 3. The summed E-state index contributed by atoms with van der Waals surface area (Å²) >= 11 is 0. The van der Waals surface area contributed by atoms with Crippen LogP contribution >= 0.6 is 0 Å². The maximum absolute atomic E-state index is 12.9. The van der Waals surface area contributed by atoms with Gasteiger partial charge in [0.1, 0.15) is 0 Å². The lowest BCUT2D eigenvalue weighted by atomic mass is 9.46. The average molecular weight is 334 g/mol. The lowest BCUT2D eigenvalue weighted by molar-refractivity contribution is -0.179. The van der Waals surface area contributed by atoms with Crippen molar-refractivity contribution < 1.29 is 20.1 Å². The first kappa shape index (κ1) is 17.8. The summed E-state index contributed by atoms with van der Waals surface area (Å²) in [6.45, 7) is 9.76. The molecule has 0 amide bonds. The first-order chi connectivity index (χ1) is 11.1. The highest BCUT2D eigenvalue weighted by Crippen LogP contribution is 2.62. The van der Waals surface area contributed by atoms with Crippen molar-refractivity contribution in [2.24, 2.45) is 22.2 Å². The minimum Gasteiger partial charge on any atom is -0.396 e. The molecule has 0 unspecified atom stereocenters. The summed E-state index contributed by atoms with van der Waals surface area (Å²) in [5.74, 6) is -0.00347. The predicted octanol–water partition coefficient (Wildman–Crippen LogP) is 2.38. The number of aliphatic hydroxyl groups is 3. The number of carbonyl (C=O) groups is 1. The van der Waals surface area contributed by atoms with Crippen molar-refractivity contribution in [2.45, 2.75) is 65.1 Å². The van der Waals surface area contributed by atoms with Crippen molar-refractivity contribution in [1.29, 1.82) is 0 Å². The molecule has 0 saturated heterocycles. The van der Waals surface area contributed by atoms with Gasteiger partial charge in [0.05, 0.1) is 18.8 Å². The van der Waals surface area contributed by atoms with Crippen molar-refractivity contribution in [1.82, 2.24) is 0 Å². The average Bonchev–Trinajstić information content (AvgIpc) is 2.55. The summed E-state index contributed by atoms with van der Waals surface area (Å²) in [7, 11) is 0. The second-order valence-corrected chi connectivity index (χ2v) is 8.97. The second-order valence-electron chi connectivity index (χ2n) is 8.97. The Balaban J connectivity index is 2.11. The van der Waals surface area contributed by atoms with Gasteiger partial charge in [-0.2, -0.15) is 0 Å². The van der Waals surface area contributed by atoms with Crippen LogP contribution in [0.2, 0.25) is 0 Å². The Hall–Kier alpha value is -0.970. The molecule has 0 bridgehead atoms. The van der Waals surface area contributed by atoms with Crippen LogP contribution < -0.4 is 0 Å². The van der Waals surface area contributed by atoms with E-state index in [9.17, 15) is 20.1 Å². The third-order valence-corrected chi connectivity index (χ3v) is 7.38. The summed E-state index contributed by atoms with van der Waals surface area (Å²) in [4.78, 5) is 12.9. The fraction of sp³-hybridized carbons (Fsp3) is 0.750. The molecule has 0 aromatic rings. The van der Waals surface area contributed by atoms with Crippen LogP contribution in [0.3, 0.4) is 0 Å². The molecule has 3 aliphatic carbocycles. The van der Waals surface area contributed by atoms with Gasteiger partial charge in [-0.15, -0.1) is 6.58 Å². The molecule has 3 N–H and O–H groups in total. The minimum atomic E-state index is -1.00. The number of carbonyl (C=O) groups excluding carboxylic acids is 1. The summed E-state index contributed by atoms with van der Waals surface area (Å²) < 4.78 is 0. The topological polar surface area (TPSA) is 77.8 Å². The zero-order chi connectivity index (χ0) is 17.9. The molecule has 134 valence electrons. The Morgan fingerprint density at radius 3 is 2.54 bits per heavy atom. The molecule has 3 rings (SSSR count). The number of Topliss-reactive ketones (excluding diaryl/α,β-unsaturated/α-hetero) is 1. The molecule has 0 radical (unpaired) electrons. The van der Waals surface area contributed by atoms with Crippen LogP contribution in [0.4, 0.5) is 0 Å². The highest BCUT2D eigenvalue weighted by atomic mass is 16.3. The Kier molecular flexibility index (Phi) is 4.10. The lowest BCUT2D eigenvalue weighted by Crippen LogP contribution is -2.61. The van der Waals surface area contributed by atoms with E-state index in [0.29, 0.717) is 19.3 Å². The van der Waals surface area contributed by atoms with Gasteiger partial charge < -0.3 is 15.3 Å². The third kappa shape index (κ3) is 2.27. The fourth-order valence-corrected chi connectivity index (χ4v) is 5.60. The number of hydrogen-bond donors (Lipinski definition) is 3. The summed E-state index contributed by atoms with van der Waals surface area (Å²) in [6, 6.07) is 0. The maximum atomic E-state index is 12.9. The highest BCUT2D eigenvalue weighted by molar-refractivity contribution is 5.98. The maximum Gasteiger partial charge on any atom is 0.159 e. The van der Waals surface area contributed by atoms with Crippen LogP contribution in [0, 0.1) is 22.2 Å². The number of fused-ring (bicyclic) bond motifs is 2. The van der Waals surface area contributed by atoms with E-state index in [-0.39, 0.29) is 29.1 Å². The highest BCUT2D eigenvalue weighted by Gasteiger charge is 2.61. The lowest BCUT2D eigenvalue weighted by Gasteiger charge is -2.59. The molecule has 0 heterocycles. The van der Waals surface area contributed by atoms with Crippen molar-refractivity contribution in [3.05, 3.63) is 23.8 Å². The van der Waals surface area contributed by atoms with Crippen molar-refractivity contribution >= 4 is 5.78 Å². The Morgan fingerprint density at radius 2 is 1.96 bits per heavy atom. The molecule has 0 aromatic heterocycles. The SMILES string of the molecule is C=C[C@@]1(C)CCC2=C(C1)C(=O)C[C@H]1[C@@](C)(CO)[C@@H](O)[C@H](O)C[C@]21C. The van der Waals surface area contributed by atoms with Crippen LogP contribution in [-0.4, -0.2) is 39.9 Å². The first-order valence-electron chi connectivity index (χ1n) is 8.97. The van der Waals surface area contributed by atoms with Gasteiger partial charge in [0, 0.05) is 11.8 Å². The molecule has 24 heavy (non-hydrogen) atoms. The van der Waals surface area contributed by atoms with E-state index >= 15 is 0 Å². The molecule has 3 aliphatic rings. The molecule has 6 atom stereocenters. The van der Waals surface area contributed by atoms with Gasteiger partial charge in [0.25, 0.3) is 0 Å². The molecule has 0 aliphatic heterocycles. The van der Waals surface area contributed by atoms with E-state index in [0.717, 1.165) is 24.0 Å². The minimum absolute atomic E-state index is 0.0508. The van der Waals surface area contributed by atoms with Crippen molar-refractivity contribution in [3.63, 3.8) is 0 Å². The quantitative estimate of drug-likeness (QED) is 0.678. The van der Waals surface area contributed by atoms with Crippen molar-refractivity contribution in [3.8, 4) is 0 Å². The molecular formula is C20H30O4. The number of ketones is 1. The van der Waals surface area contributed by atoms with Gasteiger partial charge in [-0.1, -0.05) is 32.4 Å². The Bertz CT molecular complexity index is 609. The van der Waals surface area contributed by atoms with Crippen molar-refractivity contribution in [2.75, 3.05) is 6.61 Å². The molecule has 1 fully saturated rings. The predicted molar refractivity (Wildman–Crippen MR) is 92.2 cm³/mol. The van der Waals surface area contributed by atoms with E-state index in [1.54, 1.807) is 6.92 Å². The van der Waals surface area contributed by atoms with Gasteiger partial charge in [-0.3, -0.25) is 4.79 Å². The molecular weight excluding hydrogens is 304 g/mol.